The van der Waals surface area contributed by atoms with Crippen LogP contribution in [0.15, 0.2) is 24.3 Å². The van der Waals surface area contributed by atoms with E-state index in [0.717, 1.165) is 24.1 Å². The zero-order valence-corrected chi connectivity index (χ0v) is 16.0. The van der Waals surface area contributed by atoms with Crippen LogP contribution in [0.1, 0.15) is 68.2 Å². The maximum Gasteiger partial charge on any atom is 0.276 e. The van der Waals surface area contributed by atoms with Crippen LogP contribution in [-0.2, 0) is 10.3 Å². The van der Waals surface area contributed by atoms with E-state index < -0.39 is 0 Å². The van der Waals surface area contributed by atoms with Gasteiger partial charge >= 0.3 is 0 Å². The normalized spacial score (nSPS) is 14.2. The second kappa shape index (κ2) is 6.59. The Kier molecular flexibility index (Phi) is 4.61. The third kappa shape index (κ3) is 3.95. The van der Waals surface area contributed by atoms with E-state index >= 15 is 0 Å². The molecule has 3 rings (SSSR count). The molecule has 0 radical (unpaired) electrons. The first-order valence-corrected chi connectivity index (χ1v) is 8.95. The van der Waals surface area contributed by atoms with E-state index in [9.17, 15) is 9.59 Å². The molecule has 0 aliphatic heterocycles. The molecule has 1 aromatic heterocycles. The molecule has 0 unspecified atom stereocenters. The van der Waals surface area contributed by atoms with E-state index in [4.69, 9.17) is 0 Å². The second-order valence-corrected chi connectivity index (χ2v) is 7.98. The van der Waals surface area contributed by atoms with Crippen LogP contribution in [-0.4, -0.2) is 21.6 Å². The first-order valence-electron chi connectivity index (χ1n) is 8.95. The van der Waals surface area contributed by atoms with Gasteiger partial charge < -0.3 is 10.6 Å². The summed E-state index contributed by atoms with van der Waals surface area (Å²) >= 11 is 0. The van der Waals surface area contributed by atoms with Crippen molar-refractivity contribution in [3.63, 3.8) is 0 Å². The number of hydrogen-bond acceptors (Lipinski definition) is 3. The fourth-order valence-corrected chi connectivity index (χ4v) is 2.93. The highest BCUT2D eigenvalue weighted by molar-refractivity contribution is 6.03. The molecule has 2 aromatic rings. The summed E-state index contributed by atoms with van der Waals surface area (Å²) in [6, 6.07) is 7.35. The Morgan fingerprint density at radius 3 is 2.42 bits per heavy atom. The quantitative estimate of drug-likeness (QED) is 0.870. The van der Waals surface area contributed by atoms with E-state index in [2.05, 4.69) is 36.5 Å². The van der Waals surface area contributed by atoms with Crippen LogP contribution in [0.25, 0.3) is 0 Å². The molecule has 2 amide bonds. The molecule has 1 fully saturated rings. The van der Waals surface area contributed by atoms with Crippen molar-refractivity contribution in [3.05, 3.63) is 41.2 Å². The van der Waals surface area contributed by atoms with E-state index in [1.54, 1.807) is 6.07 Å². The minimum absolute atomic E-state index is 0.144. The average molecular weight is 354 g/mol. The molecule has 0 atom stereocenters. The summed E-state index contributed by atoms with van der Waals surface area (Å²) < 4.78 is 1.97. The Morgan fingerprint density at radius 1 is 1.15 bits per heavy atom. The molecule has 6 heteroatoms. The van der Waals surface area contributed by atoms with Gasteiger partial charge in [-0.05, 0) is 64.3 Å². The lowest BCUT2D eigenvalue weighted by Gasteiger charge is -2.22. The van der Waals surface area contributed by atoms with Gasteiger partial charge in [0.25, 0.3) is 5.91 Å². The highest BCUT2D eigenvalue weighted by Crippen LogP contribution is 2.41. The van der Waals surface area contributed by atoms with Crippen LogP contribution in [0.2, 0.25) is 0 Å². The van der Waals surface area contributed by atoms with Crippen molar-refractivity contribution < 1.29 is 9.59 Å². The summed E-state index contributed by atoms with van der Waals surface area (Å²) in [5, 5.41) is 10.2. The maximum absolute atomic E-state index is 12.7. The minimum Gasteiger partial charge on any atom is -0.326 e. The number of anilines is 2. The molecule has 1 aliphatic rings. The van der Waals surface area contributed by atoms with Gasteiger partial charge in [-0.1, -0.05) is 6.07 Å². The van der Waals surface area contributed by atoms with Crippen LogP contribution in [0.3, 0.4) is 0 Å². The zero-order chi connectivity index (χ0) is 19.1. The molecule has 1 saturated carbocycles. The molecule has 138 valence electrons. The van der Waals surface area contributed by atoms with Crippen LogP contribution in [0.4, 0.5) is 11.4 Å². The van der Waals surface area contributed by atoms with Crippen molar-refractivity contribution in [2.75, 3.05) is 10.6 Å². The first kappa shape index (κ1) is 18.2. The number of benzene rings is 1. The predicted molar refractivity (Wildman–Crippen MR) is 103 cm³/mol. The van der Waals surface area contributed by atoms with Gasteiger partial charge in [-0.15, -0.1) is 0 Å². The van der Waals surface area contributed by atoms with E-state index in [-0.39, 0.29) is 17.4 Å². The fourth-order valence-electron chi connectivity index (χ4n) is 2.93. The van der Waals surface area contributed by atoms with Crippen molar-refractivity contribution in [2.45, 2.75) is 58.9 Å². The summed E-state index contributed by atoms with van der Waals surface area (Å²) in [5.41, 5.74) is 3.64. The van der Waals surface area contributed by atoms with E-state index in [1.807, 2.05) is 29.8 Å². The van der Waals surface area contributed by atoms with Gasteiger partial charge in [0, 0.05) is 29.9 Å². The van der Waals surface area contributed by atoms with Crippen LogP contribution >= 0.6 is 0 Å². The number of rotatable bonds is 4. The predicted octanol–water partition coefficient (Wildman–Crippen LogP) is 4.03. The molecular formula is C20H26N4O2. The van der Waals surface area contributed by atoms with Crippen LogP contribution in [0, 0.1) is 6.92 Å². The third-order valence-corrected chi connectivity index (χ3v) is 4.41. The van der Waals surface area contributed by atoms with Gasteiger partial charge in [-0.3, -0.25) is 14.3 Å². The number of amides is 2. The maximum atomic E-state index is 12.7. The van der Waals surface area contributed by atoms with Crippen LogP contribution < -0.4 is 10.6 Å². The van der Waals surface area contributed by atoms with E-state index in [1.165, 1.54) is 6.92 Å². The van der Waals surface area contributed by atoms with Crippen LogP contribution in [0.5, 0.6) is 0 Å². The highest BCUT2D eigenvalue weighted by Gasteiger charge is 2.32. The Bertz CT molecular complexity index is 857. The lowest BCUT2D eigenvalue weighted by Crippen LogP contribution is -2.25. The number of aryl methyl sites for hydroxylation is 1. The molecule has 26 heavy (non-hydrogen) atoms. The molecule has 2 N–H and O–H groups in total. The van der Waals surface area contributed by atoms with Crippen molar-refractivity contribution >= 4 is 23.2 Å². The minimum atomic E-state index is -0.243. The fraction of sp³-hybridized carbons (Fsp3) is 0.450. The third-order valence-electron chi connectivity index (χ3n) is 4.41. The molecule has 1 aliphatic carbocycles. The van der Waals surface area contributed by atoms with Crippen molar-refractivity contribution in [1.82, 2.24) is 9.78 Å². The lowest BCUT2D eigenvalue weighted by atomic mass is 10.1. The SMILES string of the molecule is CC(=O)Nc1cc(NC(=O)c2cc(C3CC3)n(C(C)(C)C)n2)ccc1C. The van der Waals surface area contributed by atoms with Gasteiger partial charge in [0.2, 0.25) is 5.91 Å². The molecule has 0 saturated heterocycles. The summed E-state index contributed by atoms with van der Waals surface area (Å²) in [7, 11) is 0. The largest absolute Gasteiger partial charge is 0.326 e. The topological polar surface area (TPSA) is 76.0 Å². The highest BCUT2D eigenvalue weighted by atomic mass is 16.2. The number of nitrogens with one attached hydrogen (secondary N) is 2. The monoisotopic (exact) mass is 354 g/mol. The molecule has 0 bridgehead atoms. The lowest BCUT2D eigenvalue weighted by molar-refractivity contribution is -0.114. The second-order valence-electron chi connectivity index (χ2n) is 7.98. The standard InChI is InChI=1S/C20H26N4O2/c1-12-6-9-15(10-16(12)21-13(2)25)22-19(26)17-11-18(14-7-8-14)24(23-17)20(3,4)5/h6,9-11,14H,7-8H2,1-5H3,(H,21,25)(H,22,26). The zero-order valence-electron chi connectivity index (χ0n) is 16.0. The molecule has 6 nitrogen and oxygen atoms in total. The molecule has 0 spiro atoms. The van der Waals surface area contributed by atoms with Gasteiger partial charge in [0.15, 0.2) is 5.69 Å². The van der Waals surface area contributed by atoms with Gasteiger partial charge in [-0.25, -0.2) is 0 Å². The number of nitrogens with zero attached hydrogens (tertiary/aromatic N) is 2. The van der Waals surface area contributed by atoms with Crippen molar-refractivity contribution in [1.29, 1.82) is 0 Å². The Hall–Kier alpha value is -2.63. The Labute approximate surface area is 154 Å². The Morgan fingerprint density at radius 2 is 1.85 bits per heavy atom. The van der Waals surface area contributed by atoms with Gasteiger partial charge in [-0.2, -0.15) is 5.10 Å². The summed E-state index contributed by atoms with van der Waals surface area (Å²) in [6.07, 6.45) is 2.31. The van der Waals surface area contributed by atoms with Gasteiger partial charge in [0.1, 0.15) is 0 Å². The van der Waals surface area contributed by atoms with Gasteiger partial charge in [0.05, 0.1) is 5.54 Å². The number of carbonyl (C=O) groups is 2. The Balaban J connectivity index is 1.83. The van der Waals surface area contributed by atoms with Crippen molar-refractivity contribution in [3.8, 4) is 0 Å². The summed E-state index contributed by atoms with van der Waals surface area (Å²) in [4.78, 5) is 24.0. The number of carbonyl (C=O) groups excluding carboxylic acids is 2. The summed E-state index contributed by atoms with van der Waals surface area (Å²) in [6.45, 7) is 9.64. The molecule has 1 heterocycles. The van der Waals surface area contributed by atoms with Crippen molar-refractivity contribution in [2.24, 2.45) is 0 Å². The number of aromatic nitrogens is 2. The number of hydrogen-bond donors (Lipinski definition) is 2. The molecule has 1 aromatic carbocycles. The first-order chi connectivity index (χ1) is 12.1. The molecular weight excluding hydrogens is 328 g/mol. The average Bonchev–Trinajstić information content (AvgIpc) is 3.26. The van der Waals surface area contributed by atoms with E-state index in [0.29, 0.717) is 23.0 Å². The summed E-state index contributed by atoms with van der Waals surface area (Å²) in [5.74, 6) is 0.121. The smallest absolute Gasteiger partial charge is 0.276 e.